The molecular formula is C15H20Cl2N2O. The molecule has 1 saturated heterocycles. The van der Waals surface area contributed by atoms with Gasteiger partial charge in [0.1, 0.15) is 0 Å². The van der Waals surface area contributed by atoms with E-state index in [2.05, 4.69) is 17.3 Å². The molecule has 2 aliphatic rings. The molecule has 0 bridgehead atoms. The van der Waals surface area contributed by atoms with Gasteiger partial charge in [0, 0.05) is 34.7 Å². The van der Waals surface area contributed by atoms with Crippen molar-refractivity contribution in [3.63, 3.8) is 0 Å². The summed E-state index contributed by atoms with van der Waals surface area (Å²) in [7, 11) is 2.11. The average molecular weight is 315 g/mol. The van der Waals surface area contributed by atoms with E-state index in [4.69, 9.17) is 27.9 Å². The summed E-state index contributed by atoms with van der Waals surface area (Å²) >= 11 is 12.8. The van der Waals surface area contributed by atoms with Gasteiger partial charge in [0.2, 0.25) is 0 Å². The molecule has 3 rings (SSSR count). The van der Waals surface area contributed by atoms with Crippen molar-refractivity contribution < 1.29 is 4.74 Å². The summed E-state index contributed by atoms with van der Waals surface area (Å²) in [4.78, 5) is 2.29. The molecule has 1 aromatic rings. The van der Waals surface area contributed by atoms with Crippen LogP contribution in [0, 0.1) is 0 Å². The van der Waals surface area contributed by atoms with Crippen LogP contribution >= 0.6 is 23.2 Å². The average Bonchev–Trinajstić information content (AvgIpc) is 3.22. The van der Waals surface area contributed by atoms with Gasteiger partial charge in [-0.05, 0) is 32.0 Å². The van der Waals surface area contributed by atoms with Crippen LogP contribution in [0.25, 0.3) is 0 Å². The predicted molar refractivity (Wildman–Crippen MR) is 82.6 cm³/mol. The quantitative estimate of drug-likeness (QED) is 0.924. The lowest BCUT2D eigenvalue weighted by Crippen LogP contribution is -2.48. The van der Waals surface area contributed by atoms with E-state index < -0.39 is 0 Å². The van der Waals surface area contributed by atoms with Crippen LogP contribution in [0.1, 0.15) is 24.4 Å². The Morgan fingerprint density at radius 1 is 1.30 bits per heavy atom. The number of hydrogen-bond acceptors (Lipinski definition) is 3. The van der Waals surface area contributed by atoms with E-state index in [-0.39, 0.29) is 12.1 Å². The minimum atomic E-state index is 0.0896. The number of nitrogens with zero attached hydrogens (tertiary/aromatic N) is 1. The van der Waals surface area contributed by atoms with Gasteiger partial charge < -0.3 is 10.1 Å². The largest absolute Gasteiger partial charge is 0.374 e. The minimum absolute atomic E-state index is 0.0896. The standard InChI is InChI=1S/C15H20Cl2N2O/c1-19-7-8-20-13(9-18-10-5-6-10)15(19)14-11(16)3-2-4-12(14)17/h2-4,10,13,15,18H,5-9H2,1H3. The Kier molecular flexibility index (Phi) is 4.53. The van der Waals surface area contributed by atoms with Crippen molar-refractivity contribution in [3.05, 3.63) is 33.8 Å². The Morgan fingerprint density at radius 2 is 2.00 bits per heavy atom. The third-order valence-electron chi connectivity index (χ3n) is 4.08. The van der Waals surface area contributed by atoms with Gasteiger partial charge in [0.15, 0.2) is 0 Å². The van der Waals surface area contributed by atoms with Crippen molar-refractivity contribution >= 4 is 23.2 Å². The van der Waals surface area contributed by atoms with Crippen LogP contribution in [0.5, 0.6) is 0 Å². The molecule has 3 nitrogen and oxygen atoms in total. The Morgan fingerprint density at radius 3 is 2.65 bits per heavy atom. The highest BCUT2D eigenvalue weighted by molar-refractivity contribution is 6.36. The molecule has 0 spiro atoms. The fourth-order valence-electron chi connectivity index (χ4n) is 2.80. The van der Waals surface area contributed by atoms with Crippen LogP contribution in [0.15, 0.2) is 18.2 Å². The minimum Gasteiger partial charge on any atom is -0.374 e. The van der Waals surface area contributed by atoms with Gasteiger partial charge in [-0.2, -0.15) is 0 Å². The molecule has 1 N–H and O–H groups in total. The summed E-state index contributed by atoms with van der Waals surface area (Å²) in [6, 6.07) is 6.46. The van der Waals surface area contributed by atoms with Crippen molar-refractivity contribution in [3.8, 4) is 0 Å². The normalized spacial score (nSPS) is 27.8. The second kappa shape index (κ2) is 6.20. The zero-order valence-electron chi connectivity index (χ0n) is 11.6. The van der Waals surface area contributed by atoms with Gasteiger partial charge in [-0.3, -0.25) is 4.90 Å². The van der Waals surface area contributed by atoms with Crippen LogP contribution in [0.3, 0.4) is 0 Å². The van der Waals surface area contributed by atoms with E-state index in [9.17, 15) is 0 Å². The lowest BCUT2D eigenvalue weighted by molar-refractivity contribution is -0.0614. The number of halogens is 2. The fraction of sp³-hybridized carbons (Fsp3) is 0.600. The van der Waals surface area contributed by atoms with Crippen LogP contribution in [0.2, 0.25) is 10.0 Å². The first-order valence-electron chi connectivity index (χ1n) is 7.16. The number of likely N-dealkylation sites (N-methyl/N-ethyl adjacent to an activating group) is 1. The maximum Gasteiger partial charge on any atom is 0.0897 e. The smallest absolute Gasteiger partial charge is 0.0897 e. The molecule has 1 heterocycles. The number of morpholine rings is 1. The molecule has 2 unspecified atom stereocenters. The van der Waals surface area contributed by atoms with E-state index in [1.807, 2.05) is 18.2 Å². The zero-order valence-corrected chi connectivity index (χ0v) is 13.1. The van der Waals surface area contributed by atoms with Crippen LogP contribution in [-0.4, -0.2) is 43.8 Å². The highest BCUT2D eigenvalue weighted by atomic mass is 35.5. The van der Waals surface area contributed by atoms with Crippen molar-refractivity contribution in [2.45, 2.75) is 31.0 Å². The Hall–Kier alpha value is -0.320. The Bertz CT molecular complexity index is 459. The van der Waals surface area contributed by atoms with Crippen molar-refractivity contribution in [2.75, 3.05) is 26.7 Å². The molecule has 1 aliphatic carbocycles. The van der Waals surface area contributed by atoms with Crippen LogP contribution < -0.4 is 5.32 Å². The number of hydrogen-bond donors (Lipinski definition) is 1. The highest BCUT2D eigenvalue weighted by Crippen LogP contribution is 2.37. The van der Waals surface area contributed by atoms with Crippen molar-refractivity contribution in [1.82, 2.24) is 10.2 Å². The van der Waals surface area contributed by atoms with Gasteiger partial charge in [0.25, 0.3) is 0 Å². The molecule has 110 valence electrons. The predicted octanol–water partition coefficient (Wildman–Crippen LogP) is 3.12. The van der Waals surface area contributed by atoms with Crippen LogP contribution in [-0.2, 0) is 4.74 Å². The monoisotopic (exact) mass is 314 g/mol. The van der Waals surface area contributed by atoms with Gasteiger partial charge >= 0.3 is 0 Å². The summed E-state index contributed by atoms with van der Waals surface area (Å²) in [6.45, 7) is 2.50. The molecule has 0 aromatic heterocycles. The van der Waals surface area contributed by atoms with Crippen molar-refractivity contribution in [2.24, 2.45) is 0 Å². The SMILES string of the molecule is CN1CCOC(CNC2CC2)C1c1c(Cl)cccc1Cl. The lowest BCUT2D eigenvalue weighted by Gasteiger charge is -2.40. The van der Waals surface area contributed by atoms with E-state index in [1.54, 1.807) is 0 Å². The molecule has 1 saturated carbocycles. The third-order valence-corrected chi connectivity index (χ3v) is 4.74. The second-order valence-corrected chi connectivity index (χ2v) is 6.47. The summed E-state index contributed by atoms with van der Waals surface area (Å²) in [5.41, 5.74) is 0.987. The molecule has 2 fully saturated rings. The Labute approximate surface area is 130 Å². The number of nitrogens with one attached hydrogen (secondary N) is 1. The summed E-state index contributed by atoms with van der Waals surface area (Å²) in [5, 5.41) is 4.99. The molecule has 1 aliphatic heterocycles. The molecule has 0 radical (unpaired) electrons. The molecular weight excluding hydrogens is 295 g/mol. The second-order valence-electron chi connectivity index (χ2n) is 5.65. The molecule has 1 aromatic carbocycles. The Balaban J connectivity index is 1.84. The topological polar surface area (TPSA) is 24.5 Å². The summed E-state index contributed by atoms with van der Waals surface area (Å²) in [5.74, 6) is 0. The zero-order chi connectivity index (χ0) is 14.1. The van der Waals surface area contributed by atoms with E-state index in [1.165, 1.54) is 12.8 Å². The first kappa shape index (κ1) is 14.6. The van der Waals surface area contributed by atoms with E-state index >= 15 is 0 Å². The number of rotatable bonds is 4. The highest BCUT2D eigenvalue weighted by Gasteiger charge is 2.35. The third kappa shape index (κ3) is 3.12. The number of ether oxygens (including phenoxy) is 1. The first-order valence-corrected chi connectivity index (χ1v) is 7.91. The van der Waals surface area contributed by atoms with Gasteiger partial charge in [-0.1, -0.05) is 29.3 Å². The maximum atomic E-state index is 6.38. The van der Waals surface area contributed by atoms with Gasteiger partial charge in [-0.15, -0.1) is 0 Å². The van der Waals surface area contributed by atoms with Crippen LogP contribution in [0.4, 0.5) is 0 Å². The lowest BCUT2D eigenvalue weighted by atomic mass is 9.98. The van der Waals surface area contributed by atoms with E-state index in [0.29, 0.717) is 6.04 Å². The summed E-state index contributed by atoms with van der Waals surface area (Å²) < 4.78 is 5.98. The molecule has 2 atom stereocenters. The molecule has 20 heavy (non-hydrogen) atoms. The first-order chi connectivity index (χ1) is 9.66. The van der Waals surface area contributed by atoms with Crippen molar-refractivity contribution in [1.29, 1.82) is 0 Å². The fourth-order valence-corrected chi connectivity index (χ4v) is 3.42. The van der Waals surface area contributed by atoms with E-state index in [0.717, 1.165) is 35.3 Å². The van der Waals surface area contributed by atoms with Gasteiger partial charge in [-0.25, -0.2) is 0 Å². The molecule has 0 amide bonds. The maximum absolute atomic E-state index is 6.38. The van der Waals surface area contributed by atoms with Gasteiger partial charge in [0.05, 0.1) is 18.8 Å². The number of benzene rings is 1. The summed E-state index contributed by atoms with van der Waals surface area (Å²) in [6.07, 6.45) is 2.65. The molecule has 5 heteroatoms.